The van der Waals surface area contributed by atoms with Gasteiger partial charge in [-0.3, -0.25) is 0 Å². The Balaban J connectivity index is 2.24. The van der Waals surface area contributed by atoms with E-state index in [0.29, 0.717) is 12.6 Å². The molecule has 17 heavy (non-hydrogen) atoms. The Labute approximate surface area is 105 Å². The summed E-state index contributed by atoms with van der Waals surface area (Å²) >= 11 is 1.17. The molecule has 0 aliphatic rings. The van der Waals surface area contributed by atoms with Gasteiger partial charge in [0.25, 0.3) is 0 Å². The average Bonchev–Trinajstić information content (AvgIpc) is 2.72. The normalized spacial score (nSPS) is 11.4. The maximum Gasteiger partial charge on any atom is 0.365 e. The van der Waals surface area contributed by atoms with Gasteiger partial charge in [0, 0.05) is 31.1 Å². The van der Waals surface area contributed by atoms with Crippen LogP contribution in [-0.4, -0.2) is 47.1 Å². The minimum Gasteiger partial charge on any atom is -0.476 e. The van der Waals surface area contributed by atoms with E-state index in [1.165, 1.54) is 11.3 Å². The van der Waals surface area contributed by atoms with Crippen LogP contribution in [0.2, 0.25) is 0 Å². The Bertz CT molecular complexity index is 365. The van der Waals surface area contributed by atoms with Crippen LogP contribution < -0.4 is 5.32 Å². The second-order valence-electron chi connectivity index (χ2n) is 4.20. The van der Waals surface area contributed by atoms with E-state index in [9.17, 15) is 4.79 Å². The number of nitrogens with one attached hydrogen (secondary N) is 1. The van der Waals surface area contributed by atoms with Crippen molar-refractivity contribution in [1.82, 2.24) is 15.2 Å². The monoisotopic (exact) mass is 257 g/mol. The molecule has 0 radical (unpaired) electrons. The first-order valence-corrected chi connectivity index (χ1v) is 6.47. The minimum absolute atomic E-state index is 0.154. The molecule has 2 N–H and O–H groups in total. The van der Waals surface area contributed by atoms with Crippen molar-refractivity contribution in [3.05, 3.63) is 16.1 Å². The Morgan fingerprint density at radius 2 is 2.35 bits per heavy atom. The summed E-state index contributed by atoms with van der Waals surface area (Å²) in [7, 11) is 2.08. The zero-order valence-electron chi connectivity index (χ0n) is 10.4. The highest BCUT2D eigenvalue weighted by Crippen LogP contribution is 2.09. The first-order chi connectivity index (χ1) is 8.00. The maximum atomic E-state index is 10.6. The number of carbonyl (C=O) groups is 1. The van der Waals surface area contributed by atoms with E-state index < -0.39 is 5.97 Å². The summed E-state index contributed by atoms with van der Waals surface area (Å²) in [5, 5.41) is 13.9. The first kappa shape index (κ1) is 14.1. The van der Waals surface area contributed by atoms with E-state index in [1.54, 1.807) is 5.38 Å². The first-order valence-electron chi connectivity index (χ1n) is 5.59. The van der Waals surface area contributed by atoms with Crippen molar-refractivity contribution < 1.29 is 9.90 Å². The summed E-state index contributed by atoms with van der Waals surface area (Å²) in [6.45, 7) is 6.76. The lowest BCUT2D eigenvalue weighted by molar-refractivity contribution is 0.0696. The molecule has 1 aromatic rings. The van der Waals surface area contributed by atoms with Gasteiger partial charge in [-0.05, 0) is 20.9 Å². The van der Waals surface area contributed by atoms with Crippen LogP contribution >= 0.6 is 11.3 Å². The third-order valence-corrected chi connectivity index (χ3v) is 3.44. The quantitative estimate of drug-likeness (QED) is 0.720. The van der Waals surface area contributed by atoms with E-state index in [2.05, 4.69) is 36.1 Å². The molecule has 0 unspecified atom stereocenters. The predicted molar refractivity (Wildman–Crippen MR) is 68.5 cm³/mol. The van der Waals surface area contributed by atoms with Gasteiger partial charge in [0.05, 0.1) is 5.69 Å². The van der Waals surface area contributed by atoms with Gasteiger partial charge in [0.1, 0.15) is 0 Å². The van der Waals surface area contributed by atoms with E-state index in [1.807, 2.05) is 0 Å². The molecule has 0 aliphatic heterocycles. The van der Waals surface area contributed by atoms with E-state index in [-0.39, 0.29) is 5.01 Å². The van der Waals surface area contributed by atoms with Crippen LogP contribution in [0.3, 0.4) is 0 Å². The van der Waals surface area contributed by atoms with Gasteiger partial charge in [-0.2, -0.15) is 0 Å². The predicted octanol–water partition coefficient (Wildman–Crippen LogP) is 1.27. The molecule has 96 valence electrons. The van der Waals surface area contributed by atoms with Crippen LogP contribution in [0.5, 0.6) is 0 Å². The summed E-state index contributed by atoms with van der Waals surface area (Å²) in [5.74, 6) is -0.958. The third kappa shape index (κ3) is 4.80. The molecule has 5 nitrogen and oxygen atoms in total. The number of rotatable bonds is 7. The van der Waals surface area contributed by atoms with Crippen molar-refractivity contribution >= 4 is 17.3 Å². The highest BCUT2D eigenvalue weighted by atomic mass is 32.1. The second kappa shape index (κ2) is 6.68. The lowest BCUT2D eigenvalue weighted by atomic mass is 10.3. The summed E-state index contributed by atoms with van der Waals surface area (Å²) < 4.78 is 0. The number of nitrogens with zero attached hydrogens (tertiary/aromatic N) is 2. The molecular formula is C11H19N3O2S. The van der Waals surface area contributed by atoms with E-state index >= 15 is 0 Å². The van der Waals surface area contributed by atoms with Crippen molar-refractivity contribution in [3.8, 4) is 0 Å². The van der Waals surface area contributed by atoms with Gasteiger partial charge >= 0.3 is 5.97 Å². The van der Waals surface area contributed by atoms with Crippen LogP contribution in [0.4, 0.5) is 0 Å². The van der Waals surface area contributed by atoms with Gasteiger partial charge in [0.15, 0.2) is 0 Å². The highest BCUT2D eigenvalue weighted by molar-refractivity contribution is 7.11. The Morgan fingerprint density at radius 1 is 1.65 bits per heavy atom. The lowest BCUT2D eigenvalue weighted by Crippen LogP contribution is -2.33. The molecule has 0 amide bonds. The summed E-state index contributed by atoms with van der Waals surface area (Å²) in [4.78, 5) is 16.9. The topological polar surface area (TPSA) is 65.5 Å². The van der Waals surface area contributed by atoms with Gasteiger partial charge < -0.3 is 15.3 Å². The van der Waals surface area contributed by atoms with Crippen molar-refractivity contribution in [2.75, 3.05) is 20.1 Å². The largest absolute Gasteiger partial charge is 0.476 e. The number of thiazole rings is 1. The Morgan fingerprint density at radius 3 is 2.88 bits per heavy atom. The second-order valence-corrected chi connectivity index (χ2v) is 5.06. The lowest BCUT2D eigenvalue weighted by Gasteiger charge is -2.20. The van der Waals surface area contributed by atoms with Crippen LogP contribution in [0.1, 0.15) is 29.3 Å². The zero-order valence-corrected chi connectivity index (χ0v) is 11.3. The molecule has 0 aromatic carbocycles. The highest BCUT2D eigenvalue weighted by Gasteiger charge is 2.08. The minimum atomic E-state index is -0.958. The number of aromatic nitrogens is 1. The molecule has 0 aliphatic carbocycles. The van der Waals surface area contributed by atoms with Crippen LogP contribution in [-0.2, 0) is 6.54 Å². The fourth-order valence-electron chi connectivity index (χ4n) is 1.22. The third-order valence-electron chi connectivity index (χ3n) is 2.56. The van der Waals surface area contributed by atoms with Crippen LogP contribution in [0.15, 0.2) is 5.38 Å². The number of hydrogen-bond acceptors (Lipinski definition) is 5. The molecule has 0 spiro atoms. The molecule has 1 aromatic heterocycles. The average molecular weight is 257 g/mol. The Hall–Kier alpha value is -0.980. The molecule has 1 heterocycles. The smallest absolute Gasteiger partial charge is 0.365 e. The molecule has 1 rings (SSSR count). The fraction of sp³-hybridized carbons (Fsp3) is 0.636. The number of carboxylic acids is 1. The van der Waals surface area contributed by atoms with Crippen molar-refractivity contribution in [2.24, 2.45) is 0 Å². The van der Waals surface area contributed by atoms with Crippen molar-refractivity contribution in [1.29, 1.82) is 0 Å². The summed E-state index contributed by atoms with van der Waals surface area (Å²) in [6, 6.07) is 0.537. The molecule has 6 heteroatoms. The molecular weight excluding hydrogens is 238 g/mol. The van der Waals surface area contributed by atoms with Crippen LogP contribution in [0, 0.1) is 0 Å². The van der Waals surface area contributed by atoms with Gasteiger partial charge in [-0.1, -0.05) is 0 Å². The summed E-state index contributed by atoms with van der Waals surface area (Å²) in [6.07, 6.45) is 0. The standard InChI is InChI=1S/C11H19N3O2S/c1-8(2)14(3)5-4-12-6-9-7-17-10(13-9)11(15)16/h7-8,12H,4-6H2,1-3H3,(H,15,16). The van der Waals surface area contributed by atoms with E-state index in [0.717, 1.165) is 18.8 Å². The fourth-order valence-corrected chi connectivity index (χ4v) is 1.87. The number of hydrogen-bond donors (Lipinski definition) is 2. The van der Waals surface area contributed by atoms with E-state index in [4.69, 9.17) is 5.11 Å². The Kier molecular flexibility index (Phi) is 5.54. The molecule has 0 fully saturated rings. The van der Waals surface area contributed by atoms with Gasteiger partial charge in [0.2, 0.25) is 5.01 Å². The number of likely N-dealkylation sites (N-methyl/N-ethyl adjacent to an activating group) is 1. The van der Waals surface area contributed by atoms with Crippen LogP contribution in [0.25, 0.3) is 0 Å². The molecule has 0 saturated heterocycles. The maximum absolute atomic E-state index is 10.6. The SMILES string of the molecule is CC(C)N(C)CCNCc1csc(C(=O)O)n1. The number of carboxylic acid groups (broad SMARTS) is 1. The van der Waals surface area contributed by atoms with Crippen molar-refractivity contribution in [2.45, 2.75) is 26.4 Å². The van der Waals surface area contributed by atoms with Gasteiger partial charge in [-0.15, -0.1) is 11.3 Å². The van der Waals surface area contributed by atoms with Crippen molar-refractivity contribution in [3.63, 3.8) is 0 Å². The summed E-state index contributed by atoms with van der Waals surface area (Å²) in [5.41, 5.74) is 0.791. The molecule has 0 saturated carbocycles. The number of aromatic carboxylic acids is 1. The molecule has 0 bridgehead atoms. The van der Waals surface area contributed by atoms with Gasteiger partial charge in [-0.25, -0.2) is 9.78 Å². The molecule has 0 atom stereocenters. The zero-order chi connectivity index (χ0) is 12.8.